The van der Waals surface area contributed by atoms with Crippen molar-refractivity contribution in [2.24, 2.45) is 5.92 Å². The Balaban J connectivity index is 1.69. The van der Waals surface area contributed by atoms with Crippen LogP contribution in [0.1, 0.15) is 26.2 Å². The Morgan fingerprint density at radius 1 is 1.21 bits per heavy atom. The van der Waals surface area contributed by atoms with E-state index in [4.69, 9.17) is 5.11 Å². The fourth-order valence-electron chi connectivity index (χ4n) is 2.97. The summed E-state index contributed by atoms with van der Waals surface area (Å²) in [6.07, 6.45) is 2.23. The highest BCUT2D eigenvalue weighted by atomic mass is 32.2. The topological polar surface area (TPSA) is 60.9 Å². The van der Waals surface area contributed by atoms with Crippen molar-refractivity contribution in [1.82, 2.24) is 9.80 Å². The van der Waals surface area contributed by atoms with Crippen molar-refractivity contribution in [2.75, 3.05) is 32.7 Å². The van der Waals surface area contributed by atoms with Crippen LogP contribution in [-0.2, 0) is 4.79 Å². The van der Waals surface area contributed by atoms with E-state index >= 15 is 0 Å². The number of rotatable bonds is 3. The summed E-state index contributed by atoms with van der Waals surface area (Å²) in [5, 5.41) is 9.57. The molecule has 2 aliphatic rings. The number of hydrogen-bond donors (Lipinski definition) is 1. The van der Waals surface area contributed by atoms with Crippen LogP contribution in [-0.4, -0.2) is 64.1 Å². The molecule has 0 spiro atoms. The minimum absolute atomic E-state index is 0.210. The molecule has 2 rings (SSSR count). The molecule has 2 aliphatic heterocycles. The molecule has 0 radical (unpaired) electrons. The van der Waals surface area contributed by atoms with E-state index in [-0.39, 0.29) is 5.12 Å². The van der Waals surface area contributed by atoms with Crippen molar-refractivity contribution in [3.63, 3.8) is 0 Å². The largest absolute Gasteiger partial charge is 0.465 e. The van der Waals surface area contributed by atoms with Gasteiger partial charge in [-0.1, -0.05) is 11.8 Å². The Labute approximate surface area is 118 Å². The zero-order valence-electron chi connectivity index (χ0n) is 11.4. The Bertz CT molecular complexity index is 343. The van der Waals surface area contributed by atoms with Crippen LogP contribution in [0, 0.1) is 5.92 Å². The first-order valence-electron chi connectivity index (χ1n) is 6.92. The van der Waals surface area contributed by atoms with Gasteiger partial charge in [0.05, 0.1) is 0 Å². The molecule has 108 valence electrons. The normalized spacial score (nSPS) is 25.7. The average Bonchev–Trinajstić information content (AvgIpc) is 2.76. The molecular formula is C13H22N2O3S. The van der Waals surface area contributed by atoms with E-state index in [2.05, 4.69) is 4.90 Å². The van der Waals surface area contributed by atoms with Gasteiger partial charge in [-0.25, -0.2) is 4.79 Å². The Morgan fingerprint density at radius 2 is 1.89 bits per heavy atom. The summed E-state index contributed by atoms with van der Waals surface area (Å²) in [5.74, 6) is 0.608. The standard InChI is InChI=1S/C13H22N2O3S/c1-10(16)19-12-4-5-14(9-12)8-11-2-6-15(7-3-11)13(17)18/h11-12H,2-9H2,1H3,(H,17,18)/t12-/m1/s1. The van der Waals surface area contributed by atoms with Crippen molar-refractivity contribution < 1.29 is 14.7 Å². The van der Waals surface area contributed by atoms with E-state index in [0.717, 1.165) is 38.9 Å². The first kappa shape index (κ1) is 14.7. The van der Waals surface area contributed by atoms with Crippen LogP contribution in [0.25, 0.3) is 0 Å². The smallest absolute Gasteiger partial charge is 0.407 e. The molecule has 0 aromatic carbocycles. The number of likely N-dealkylation sites (tertiary alicyclic amines) is 2. The maximum absolute atomic E-state index is 11.1. The number of amides is 1. The van der Waals surface area contributed by atoms with Crippen LogP contribution in [0.15, 0.2) is 0 Å². The molecule has 1 amide bonds. The number of nitrogens with zero attached hydrogens (tertiary/aromatic N) is 2. The predicted octanol–water partition coefficient (Wildman–Crippen LogP) is 1.73. The highest BCUT2D eigenvalue weighted by Crippen LogP contribution is 2.26. The second-order valence-corrected chi connectivity index (χ2v) is 6.97. The van der Waals surface area contributed by atoms with Crippen LogP contribution in [0.3, 0.4) is 0 Å². The molecule has 2 heterocycles. The molecule has 1 N–H and O–H groups in total. The third kappa shape index (κ3) is 4.38. The Morgan fingerprint density at radius 3 is 2.47 bits per heavy atom. The van der Waals surface area contributed by atoms with Gasteiger partial charge in [-0.2, -0.15) is 0 Å². The summed E-state index contributed by atoms with van der Waals surface area (Å²) in [7, 11) is 0. The second-order valence-electron chi connectivity index (χ2n) is 5.49. The highest BCUT2D eigenvalue weighted by molar-refractivity contribution is 8.14. The fraction of sp³-hybridized carbons (Fsp3) is 0.846. The van der Waals surface area contributed by atoms with E-state index in [9.17, 15) is 9.59 Å². The van der Waals surface area contributed by atoms with Gasteiger partial charge in [0.1, 0.15) is 0 Å². The van der Waals surface area contributed by atoms with Crippen LogP contribution in [0.5, 0.6) is 0 Å². The molecule has 2 fully saturated rings. The minimum atomic E-state index is -0.794. The average molecular weight is 286 g/mol. The summed E-state index contributed by atoms with van der Waals surface area (Å²) >= 11 is 1.47. The van der Waals surface area contributed by atoms with Crippen molar-refractivity contribution >= 4 is 23.0 Å². The van der Waals surface area contributed by atoms with E-state index in [1.807, 2.05) is 0 Å². The van der Waals surface area contributed by atoms with Gasteiger partial charge in [0, 0.05) is 38.4 Å². The first-order valence-corrected chi connectivity index (χ1v) is 7.80. The molecule has 0 saturated carbocycles. The van der Waals surface area contributed by atoms with E-state index in [0.29, 0.717) is 24.3 Å². The highest BCUT2D eigenvalue weighted by Gasteiger charge is 2.28. The lowest BCUT2D eigenvalue weighted by Gasteiger charge is -2.32. The summed E-state index contributed by atoms with van der Waals surface area (Å²) in [5.41, 5.74) is 0. The predicted molar refractivity (Wildman–Crippen MR) is 75.4 cm³/mol. The number of piperidine rings is 1. The first-order chi connectivity index (χ1) is 9.04. The maximum Gasteiger partial charge on any atom is 0.407 e. The Hall–Kier alpha value is -0.750. The van der Waals surface area contributed by atoms with Crippen LogP contribution < -0.4 is 0 Å². The van der Waals surface area contributed by atoms with E-state index in [1.165, 1.54) is 16.7 Å². The van der Waals surface area contributed by atoms with Gasteiger partial charge in [-0.3, -0.25) is 4.79 Å². The summed E-state index contributed by atoms with van der Waals surface area (Å²) in [6.45, 7) is 6.10. The van der Waals surface area contributed by atoms with Crippen LogP contribution >= 0.6 is 11.8 Å². The lowest BCUT2D eigenvalue weighted by atomic mass is 9.96. The van der Waals surface area contributed by atoms with Gasteiger partial charge in [-0.15, -0.1) is 0 Å². The number of thioether (sulfide) groups is 1. The van der Waals surface area contributed by atoms with Crippen LogP contribution in [0.4, 0.5) is 4.79 Å². The molecular weight excluding hydrogens is 264 g/mol. The van der Waals surface area contributed by atoms with Gasteiger partial charge < -0.3 is 14.9 Å². The molecule has 2 saturated heterocycles. The van der Waals surface area contributed by atoms with E-state index < -0.39 is 6.09 Å². The monoisotopic (exact) mass is 286 g/mol. The van der Waals surface area contributed by atoms with Gasteiger partial charge in [0.2, 0.25) is 0 Å². The molecule has 0 aromatic rings. The molecule has 0 bridgehead atoms. The maximum atomic E-state index is 11.1. The number of carboxylic acid groups (broad SMARTS) is 1. The molecule has 5 nitrogen and oxygen atoms in total. The van der Waals surface area contributed by atoms with Crippen molar-refractivity contribution in [2.45, 2.75) is 31.4 Å². The molecule has 0 aliphatic carbocycles. The third-order valence-electron chi connectivity index (χ3n) is 3.96. The number of hydrogen-bond acceptors (Lipinski definition) is 4. The van der Waals surface area contributed by atoms with Gasteiger partial charge in [0.25, 0.3) is 0 Å². The number of carbonyl (C=O) groups excluding carboxylic acids is 1. The third-order valence-corrected chi connectivity index (χ3v) is 5.01. The number of carbonyl (C=O) groups is 2. The second kappa shape index (κ2) is 6.61. The zero-order valence-corrected chi connectivity index (χ0v) is 12.2. The Kier molecular flexibility index (Phi) is 5.10. The lowest BCUT2D eigenvalue weighted by molar-refractivity contribution is -0.109. The van der Waals surface area contributed by atoms with Crippen LogP contribution in [0.2, 0.25) is 0 Å². The molecule has 0 unspecified atom stereocenters. The quantitative estimate of drug-likeness (QED) is 0.856. The lowest BCUT2D eigenvalue weighted by Crippen LogP contribution is -2.40. The molecule has 19 heavy (non-hydrogen) atoms. The van der Waals surface area contributed by atoms with Crippen molar-refractivity contribution in [3.8, 4) is 0 Å². The minimum Gasteiger partial charge on any atom is -0.465 e. The fourth-order valence-corrected chi connectivity index (χ4v) is 3.94. The SMILES string of the molecule is CC(=O)S[C@@H]1CCN(CC2CCN(C(=O)O)CC2)C1. The summed E-state index contributed by atoms with van der Waals surface area (Å²) in [4.78, 5) is 25.9. The molecule has 1 atom stereocenters. The molecule has 0 aromatic heterocycles. The van der Waals surface area contributed by atoms with Gasteiger partial charge in [-0.05, 0) is 31.7 Å². The van der Waals surface area contributed by atoms with Gasteiger partial charge in [0.15, 0.2) is 5.12 Å². The van der Waals surface area contributed by atoms with Crippen molar-refractivity contribution in [1.29, 1.82) is 0 Å². The van der Waals surface area contributed by atoms with E-state index in [1.54, 1.807) is 6.92 Å². The van der Waals surface area contributed by atoms with Gasteiger partial charge >= 0.3 is 6.09 Å². The summed E-state index contributed by atoms with van der Waals surface area (Å²) < 4.78 is 0. The summed E-state index contributed by atoms with van der Waals surface area (Å²) in [6, 6.07) is 0. The zero-order chi connectivity index (χ0) is 13.8. The van der Waals surface area contributed by atoms with Crippen molar-refractivity contribution in [3.05, 3.63) is 0 Å². The molecule has 6 heteroatoms.